The molecule has 0 radical (unpaired) electrons. The maximum absolute atomic E-state index is 9.97. The summed E-state index contributed by atoms with van der Waals surface area (Å²) in [5.74, 6) is 0.728. The number of aryl methyl sites for hydroxylation is 1. The van der Waals surface area contributed by atoms with Crippen molar-refractivity contribution in [3.63, 3.8) is 0 Å². The van der Waals surface area contributed by atoms with Gasteiger partial charge in [-0.1, -0.05) is 6.07 Å². The van der Waals surface area contributed by atoms with Crippen molar-refractivity contribution < 1.29 is 9.84 Å². The van der Waals surface area contributed by atoms with Crippen molar-refractivity contribution >= 4 is 11.3 Å². The Kier molecular flexibility index (Phi) is 2.64. The molecule has 1 aromatic heterocycles. The van der Waals surface area contributed by atoms with Crippen LogP contribution >= 0.6 is 11.3 Å². The number of hydrogen-bond acceptors (Lipinski definition) is 3. The van der Waals surface area contributed by atoms with Gasteiger partial charge >= 0.3 is 0 Å². The number of benzene rings is 1. The molecule has 2 rings (SSSR count). The largest absolute Gasteiger partial charge is 0.504 e. The molecular formula is C12H12O2S. The highest BCUT2D eigenvalue weighted by Crippen LogP contribution is 2.40. The van der Waals surface area contributed by atoms with Gasteiger partial charge in [0.25, 0.3) is 0 Å². The van der Waals surface area contributed by atoms with Crippen LogP contribution in [0.15, 0.2) is 29.6 Å². The molecule has 1 N–H and O–H groups in total. The molecule has 3 heteroatoms. The molecule has 78 valence electrons. The zero-order valence-corrected chi connectivity index (χ0v) is 9.47. The summed E-state index contributed by atoms with van der Waals surface area (Å²) >= 11 is 1.62. The van der Waals surface area contributed by atoms with Gasteiger partial charge in [0.2, 0.25) is 0 Å². The highest BCUT2D eigenvalue weighted by molar-refractivity contribution is 7.13. The summed E-state index contributed by atoms with van der Waals surface area (Å²) in [4.78, 5) is 1.09. The Labute approximate surface area is 92.8 Å². The first-order valence-electron chi connectivity index (χ1n) is 4.64. The van der Waals surface area contributed by atoms with Gasteiger partial charge in [0.1, 0.15) is 0 Å². The second-order valence-corrected chi connectivity index (χ2v) is 4.21. The molecular weight excluding hydrogens is 208 g/mol. The average Bonchev–Trinajstić information content (AvgIpc) is 2.65. The third-order valence-electron chi connectivity index (χ3n) is 2.33. The van der Waals surface area contributed by atoms with E-state index in [9.17, 15) is 5.11 Å². The molecule has 1 aromatic carbocycles. The molecule has 2 nitrogen and oxygen atoms in total. The van der Waals surface area contributed by atoms with E-state index in [1.54, 1.807) is 24.5 Å². The third-order valence-corrected chi connectivity index (χ3v) is 3.38. The quantitative estimate of drug-likeness (QED) is 0.840. The Hall–Kier alpha value is -1.48. The van der Waals surface area contributed by atoms with Gasteiger partial charge in [-0.2, -0.15) is 0 Å². The lowest BCUT2D eigenvalue weighted by Crippen LogP contribution is -1.85. The number of phenolic OH excluding ortho intramolecular Hbond substituents is 1. The second kappa shape index (κ2) is 3.95. The zero-order chi connectivity index (χ0) is 10.8. The average molecular weight is 220 g/mol. The molecule has 0 amide bonds. The van der Waals surface area contributed by atoms with Crippen molar-refractivity contribution in [1.82, 2.24) is 0 Å². The number of hydrogen-bond donors (Lipinski definition) is 1. The highest BCUT2D eigenvalue weighted by Gasteiger charge is 2.11. The molecule has 0 spiro atoms. The van der Waals surface area contributed by atoms with E-state index in [2.05, 4.69) is 0 Å². The van der Waals surface area contributed by atoms with Crippen molar-refractivity contribution in [3.05, 3.63) is 35.2 Å². The van der Waals surface area contributed by atoms with E-state index in [0.29, 0.717) is 5.75 Å². The number of aromatic hydroxyl groups is 1. The van der Waals surface area contributed by atoms with Crippen LogP contribution in [0.25, 0.3) is 10.4 Å². The molecule has 0 saturated heterocycles. The molecule has 0 unspecified atom stereocenters. The first-order chi connectivity index (χ1) is 7.24. The van der Waals surface area contributed by atoms with Gasteiger partial charge in [-0.15, -0.1) is 11.3 Å². The predicted octanol–water partition coefficient (Wildman–Crippen LogP) is 3.44. The Morgan fingerprint density at radius 3 is 2.67 bits per heavy atom. The van der Waals surface area contributed by atoms with Gasteiger partial charge in [-0.05, 0) is 36.1 Å². The van der Waals surface area contributed by atoms with Crippen molar-refractivity contribution in [2.24, 2.45) is 0 Å². The summed E-state index contributed by atoms with van der Waals surface area (Å²) in [7, 11) is 1.56. The smallest absolute Gasteiger partial charge is 0.166 e. The summed E-state index contributed by atoms with van der Waals surface area (Å²) in [5.41, 5.74) is 2.01. The van der Waals surface area contributed by atoms with Gasteiger partial charge in [-0.3, -0.25) is 0 Å². The molecule has 2 aromatic rings. The Morgan fingerprint density at radius 2 is 2.07 bits per heavy atom. The van der Waals surface area contributed by atoms with Crippen LogP contribution in [0.4, 0.5) is 0 Å². The first kappa shape index (κ1) is 10.1. The topological polar surface area (TPSA) is 29.5 Å². The molecule has 0 fully saturated rings. The van der Waals surface area contributed by atoms with Crippen LogP contribution in [0, 0.1) is 6.92 Å². The summed E-state index contributed by atoms with van der Waals surface area (Å²) < 4.78 is 5.08. The number of methoxy groups -OCH3 is 1. The van der Waals surface area contributed by atoms with Crippen LogP contribution in [-0.4, -0.2) is 12.2 Å². The Balaban J connectivity index is 2.59. The minimum atomic E-state index is 0.213. The Bertz CT molecular complexity index is 474. The van der Waals surface area contributed by atoms with Gasteiger partial charge in [0, 0.05) is 10.4 Å². The van der Waals surface area contributed by atoms with E-state index in [1.807, 2.05) is 30.5 Å². The summed E-state index contributed by atoms with van der Waals surface area (Å²) in [5, 5.41) is 12.0. The molecule has 0 saturated carbocycles. The van der Waals surface area contributed by atoms with Crippen molar-refractivity contribution in [2.75, 3.05) is 7.11 Å². The molecule has 0 bridgehead atoms. The zero-order valence-electron chi connectivity index (χ0n) is 8.65. The molecule has 0 atom stereocenters. The summed E-state index contributed by atoms with van der Waals surface area (Å²) in [6.07, 6.45) is 0. The fraction of sp³-hybridized carbons (Fsp3) is 0.167. The van der Waals surface area contributed by atoms with E-state index in [-0.39, 0.29) is 5.75 Å². The van der Waals surface area contributed by atoms with Gasteiger partial charge in [-0.25, -0.2) is 0 Å². The normalized spacial score (nSPS) is 10.3. The standard InChI is InChI=1S/C12H12O2S/c1-8-6-7-15-12(8)9-4-3-5-10(14-2)11(9)13/h3-7,13H,1-2H3. The molecule has 0 aliphatic heterocycles. The van der Waals surface area contributed by atoms with Crippen LogP contribution in [0.5, 0.6) is 11.5 Å². The number of ether oxygens (including phenoxy) is 1. The van der Waals surface area contributed by atoms with Crippen LogP contribution in [-0.2, 0) is 0 Å². The third kappa shape index (κ3) is 1.70. The van der Waals surface area contributed by atoms with Crippen LogP contribution in [0.3, 0.4) is 0 Å². The molecule has 0 aliphatic rings. The predicted molar refractivity (Wildman–Crippen MR) is 62.7 cm³/mol. The monoisotopic (exact) mass is 220 g/mol. The molecule has 0 aliphatic carbocycles. The minimum Gasteiger partial charge on any atom is -0.504 e. The minimum absolute atomic E-state index is 0.213. The molecule has 15 heavy (non-hydrogen) atoms. The fourth-order valence-electron chi connectivity index (χ4n) is 1.52. The number of para-hydroxylation sites is 1. The van der Waals surface area contributed by atoms with E-state index in [1.165, 1.54) is 5.56 Å². The Morgan fingerprint density at radius 1 is 1.27 bits per heavy atom. The van der Waals surface area contributed by atoms with Gasteiger partial charge in [0.05, 0.1) is 7.11 Å². The van der Waals surface area contributed by atoms with Gasteiger partial charge in [0.15, 0.2) is 11.5 Å². The van der Waals surface area contributed by atoms with E-state index >= 15 is 0 Å². The lowest BCUT2D eigenvalue weighted by molar-refractivity contribution is 0.374. The van der Waals surface area contributed by atoms with E-state index < -0.39 is 0 Å². The van der Waals surface area contributed by atoms with Crippen LogP contribution in [0.1, 0.15) is 5.56 Å². The maximum Gasteiger partial charge on any atom is 0.166 e. The lowest BCUT2D eigenvalue weighted by Gasteiger charge is -2.07. The summed E-state index contributed by atoms with van der Waals surface area (Å²) in [6, 6.07) is 7.57. The number of thiophene rings is 1. The molecule has 1 heterocycles. The lowest BCUT2D eigenvalue weighted by atomic mass is 10.1. The van der Waals surface area contributed by atoms with Crippen molar-refractivity contribution in [3.8, 4) is 21.9 Å². The van der Waals surface area contributed by atoms with Crippen molar-refractivity contribution in [1.29, 1.82) is 0 Å². The van der Waals surface area contributed by atoms with E-state index in [0.717, 1.165) is 10.4 Å². The highest BCUT2D eigenvalue weighted by atomic mass is 32.1. The second-order valence-electron chi connectivity index (χ2n) is 3.29. The van der Waals surface area contributed by atoms with Crippen LogP contribution in [0.2, 0.25) is 0 Å². The first-order valence-corrected chi connectivity index (χ1v) is 5.52. The van der Waals surface area contributed by atoms with Gasteiger partial charge < -0.3 is 9.84 Å². The maximum atomic E-state index is 9.97. The van der Waals surface area contributed by atoms with Crippen molar-refractivity contribution in [2.45, 2.75) is 6.92 Å². The fourth-order valence-corrected chi connectivity index (χ4v) is 2.47. The summed E-state index contributed by atoms with van der Waals surface area (Å²) in [6.45, 7) is 2.03. The van der Waals surface area contributed by atoms with E-state index in [4.69, 9.17) is 4.74 Å². The van der Waals surface area contributed by atoms with Crippen LogP contribution < -0.4 is 4.74 Å². The number of rotatable bonds is 2. The SMILES string of the molecule is COc1cccc(-c2sccc2C)c1O. The number of phenols is 1.